The highest BCUT2D eigenvalue weighted by Crippen LogP contribution is 2.19. The van der Waals surface area contributed by atoms with Gasteiger partial charge in [-0.25, -0.2) is 4.98 Å². The lowest BCUT2D eigenvalue weighted by Gasteiger charge is -2.29. The van der Waals surface area contributed by atoms with Crippen LogP contribution in [0.3, 0.4) is 0 Å². The molecule has 0 aliphatic carbocycles. The minimum absolute atomic E-state index is 0.0601. The van der Waals surface area contributed by atoms with Crippen LogP contribution >= 0.6 is 0 Å². The smallest absolute Gasteiger partial charge is 0.220 e. The molecule has 0 unspecified atom stereocenters. The molecular weight excluding hydrogens is 350 g/mol. The number of morpholine rings is 1. The highest BCUT2D eigenvalue weighted by atomic mass is 16.5. The molecule has 0 saturated carbocycles. The Kier molecular flexibility index (Phi) is 5.83. The predicted molar refractivity (Wildman–Crippen MR) is 111 cm³/mol. The minimum atomic E-state index is 0.0601. The normalized spacial score (nSPS) is 14.2. The molecule has 0 spiro atoms. The van der Waals surface area contributed by atoms with Crippen LogP contribution in [0, 0.1) is 0 Å². The van der Waals surface area contributed by atoms with E-state index in [9.17, 15) is 4.79 Å². The molecule has 0 atom stereocenters. The van der Waals surface area contributed by atoms with E-state index in [0.717, 1.165) is 30.9 Å². The molecule has 1 N–H and O–H groups in total. The Hall–Kier alpha value is -2.92. The molecule has 4 rings (SSSR count). The average Bonchev–Trinajstić information content (AvgIpc) is 2.77. The van der Waals surface area contributed by atoms with Gasteiger partial charge in [-0.1, -0.05) is 48.5 Å². The van der Waals surface area contributed by atoms with Gasteiger partial charge in [0.15, 0.2) is 0 Å². The van der Waals surface area contributed by atoms with Crippen molar-refractivity contribution in [2.45, 2.75) is 19.4 Å². The average molecular weight is 375 g/mol. The number of fused-ring (bicyclic) bond motifs is 1. The number of ether oxygens (including phenoxy) is 1. The fourth-order valence-electron chi connectivity index (χ4n) is 3.56. The molecule has 5 nitrogen and oxygen atoms in total. The van der Waals surface area contributed by atoms with E-state index in [0.29, 0.717) is 26.2 Å². The molecule has 1 amide bonds. The molecule has 144 valence electrons. The van der Waals surface area contributed by atoms with Crippen LogP contribution in [-0.4, -0.2) is 37.2 Å². The standard InChI is InChI=1S/C23H25N3O2/c27-22(10-8-18-7-9-19-4-1-2-5-20(19)16-18)25-17-21-6-3-11-24-23(21)26-12-14-28-15-13-26/h1-7,9,11,16H,8,10,12-15,17H2,(H,25,27). The highest BCUT2D eigenvalue weighted by Gasteiger charge is 2.16. The molecule has 2 aromatic carbocycles. The Morgan fingerprint density at radius 3 is 2.71 bits per heavy atom. The molecule has 2 heterocycles. The minimum Gasteiger partial charge on any atom is -0.378 e. The van der Waals surface area contributed by atoms with Gasteiger partial charge in [0, 0.05) is 37.8 Å². The third-order valence-corrected chi connectivity index (χ3v) is 5.11. The van der Waals surface area contributed by atoms with Crippen LogP contribution in [0.5, 0.6) is 0 Å². The van der Waals surface area contributed by atoms with E-state index in [1.165, 1.54) is 16.3 Å². The van der Waals surface area contributed by atoms with Crippen molar-refractivity contribution in [3.63, 3.8) is 0 Å². The third kappa shape index (κ3) is 4.49. The van der Waals surface area contributed by atoms with Crippen LogP contribution in [0.4, 0.5) is 5.82 Å². The van der Waals surface area contributed by atoms with E-state index in [-0.39, 0.29) is 5.91 Å². The SMILES string of the molecule is O=C(CCc1ccc2ccccc2c1)NCc1cccnc1N1CCOCC1. The zero-order valence-electron chi connectivity index (χ0n) is 15.9. The molecule has 3 aromatic rings. The summed E-state index contributed by atoms with van der Waals surface area (Å²) in [6.07, 6.45) is 3.02. The monoisotopic (exact) mass is 375 g/mol. The summed E-state index contributed by atoms with van der Waals surface area (Å²) in [4.78, 5) is 19.1. The number of nitrogens with one attached hydrogen (secondary N) is 1. The van der Waals surface area contributed by atoms with Crippen LogP contribution in [-0.2, 0) is 22.5 Å². The maximum atomic E-state index is 12.4. The number of amides is 1. The number of aryl methyl sites for hydroxylation is 1. The summed E-state index contributed by atoms with van der Waals surface area (Å²) in [5.74, 6) is 1.01. The maximum Gasteiger partial charge on any atom is 0.220 e. The Labute approximate surface area is 165 Å². The van der Waals surface area contributed by atoms with Crippen LogP contribution in [0.15, 0.2) is 60.8 Å². The maximum absolute atomic E-state index is 12.4. The second-order valence-corrected chi connectivity index (χ2v) is 7.04. The Morgan fingerprint density at radius 1 is 1.04 bits per heavy atom. The van der Waals surface area contributed by atoms with Crippen molar-refractivity contribution in [2.24, 2.45) is 0 Å². The predicted octanol–water partition coefficient (Wildman–Crippen LogP) is 3.32. The first-order valence-electron chi connectivity index (χ1n) is 9.80. The van der Waals surface area contributed by atoms with E-state index in [1.807, 2.05) is 24.3 Å². The molecule has 1 aromatic heterocycles. The van der Waals surface area contributed by atoms with E-state index < -0.39 is 0 Å². The first-order valence-corrected chi connectivity index (χ1v) is 9.80. The summed E-state index contributed by atoms with van der Waals surface area (Å²) in [5.41, 5.74) is 2.23. The second kappa shape index (κ2) is 8.85. The summed E-state index contributed by atoms with van der Waals surface area (Å²) in [6, 6.07) is 18.6. The van der Waals surface area contributed by atoms with Gasteiger partial charge in [0.25, 0.3) is 0 Å². The largest absolute Gasteiger partial charge is 0.378 e. The van der Waals surface area contributed by atoms with Crippen molar-refractivity contribution in [3.8, 4) is 0 Å². The van der Waals surface area contributed by atoms with Crippen LogP contribution in [0.2, 0.25) is 0 Å². The highest BCUT2D eigenvalue weighted by molar-refractivity contribution is 5.83. The summed E-state index contributed by atoms with van der Waals surface area (Å²) >= 11 is 0. The van der Waals surface area contributed by atoms with Crippen LogP contribution < -0.4 is 10.2 Å². The van der Waals surface area contributed by atoms with Crippen molar-refractivity contribution >= 4 is 22.5 Å². The number of rotatable bonds is 6. The molecule has 0 bridgehead atoms. The van der Waals surface area contributed by atoms with Gasteiger partial charge < -0.3 is 15.0 Å². The van der Waals surface area contributed by atoms with Crippen molar-refractivity contribution in [2.75, 3.05) is 31.2 Å². The number of nitrogens with zero attached hydrogens (tertiary/aromatic N) is 2. The molecule has 1 saturated heterocycles. The lowest BCUT2D eigenvalue weighted by atomic mass is 10.0. The fourth-order valence-corrected chi connectivity index (χ4v) is 3.56. The number of carbonyl (C=O) groups excluding carboxylic acids is 1. The lowest BCUT2D eigenvalue weighted by Crippen LogP contribution is -2.37. The van der Waals surface area contributed by atoms with Gasteiger partial charge in [-0.05, 0) is 28.8 Å². The van der Waals surface area contributed by atoms with E-state index in [4.69, 9.17) is 4.74 Å². The number of hydrogen-bond acceptors (Lipinski definition) is 4. The topological polar surface area (TPSA) is 54.5 Å². The Bertz CT molecular complexity index is 951. The van der Waals surface area contributed by atoms with Crippen molar-refractivity contribution in [3.05, 3.63) is 71.9 Å². The lowest BCUT2D eigenvalue weighted by molar-refractivity contribution is -0.121. The molecular formula is C23H25N3O2. The first-order chi connectivity index (χ1) is 13.8. The van der Waals surface area contributed by atoms with Gasteiger partial charge in [-0.15, -0.1) is 0 Å². The first kappa shape index (κ1) is 18.4. The molecule has 0 radical (unpaired) electrons. The summed E-state index contributed by atoms with van der Waals surface area (Å²) in [6.45, 7) is 3.60. The molecule has 1 aliphatic heterocycles. The molecule has 5 heteroatoms. The van der Waals surface area contributed by atoms with Gasteiger partial charge in [0.1, 0.15) is 5.82 Å². The van der Waals surface area contributed by atoms with E-state index in [2.05, 4.69) is 45.5 Å². The van der Waals surface area contributed by atoms with Gasteiger partial charge in [0.2, 0.25) is 5.91 Å². The summed E-state index contributed by atoms with van der Waals surface area (Å²) < 4.78 is 5.42. The van der Waals surface area contributed by atoms with Crippen LogP contribution in [0.25, 0.3) is 10.8 Å². The quantitative estimate of drug-likeness (QED) is 0.718. The fraction of sp³-hybridized carbons (Fsp3) is 0.304. The van der Waals surface area contributed by atoms with E-state index in [1.54, 1.807) is 6.20 Å². The third-order valence-electron chi connectivity index (χ3n) is 5.11. The van der Waals surface area contributed by atoms with Gasteiger partial charge >= 0.3 is 0 Å². The summed E-state index contributed by atoms with van der Waals surface area (Å²) in [5, 5.41) is 5.49. The van der Waals surface area contributed by atoms with Crippen molar-refractivity contribution < 1.29 is 9.53 Å². The van der Waals surface area contributed by atoms with Gasteiger partial charge in [-0.3, -0.25) is 4.79 Å². The number of carbonyl (C=O) groups is 1. The number of pyridine rings is 1. The number of benzene rings is 2. The molecule has 1 fully saturated rings. The molecule has 1 aliphatic rings. The second-order valence-electron chi connectivity index (χ2n) is 7.04. The van der Waals surface area contributed by atoms with Crippen molar-refractivity contribution in [1.82, 2.24) is 10.3 Å². The summed E-state index contributed by atoms with van der Waals surface area (Å²) in [7, 11) is 0. The number of aromatic nitrogens is 1. The Morgan fingerprint density at radius 2 is 1.86 bits per heavy atom. The number of anilines is 1. The Balaban J connectivity index is 1.33. The number of hydrogen-bond donors (Lipinski definition) is 1. The van der Waals surface area contributed by atoms with Gasteiger partial charge in [-0.2, -0.15) is 0 Å². The van der Waals surface area contributed by atoms with Crippen molar-refractivity contribution in [1.29, 1.82) is 0 Å². The van der Waals surface area contributed by atoms with Gasteiger partial charge in [0.05, 0.1) is 13.2 Å². The van der Waals surface area contributed by atoms with E-state index >= 15 is 0 Å². The zero-order chi connectivity index (χ0) is 19.2. The molecule has 28 heavy (non-hydrogen) atoms. The van der Waals surface area contributed by atoms with Crippen LogP contribution in [0.1, 0.15) is 17.5 Å². The zero-order valence-corrected chi connectivity index (χ0v) is 15.9.